The molecule has 254 valence electrons. The Kier molecular flexibility index (Phi) is 9.41. The molecule has 2 aromatic rings. The summed E-state index contributed by atoms with van der Waals surface area (Å²) in [4.78, 5) is 60.4. The fourth-order valence-electron chi connectivity index (χ4n) is 7.63. The predicted octanol–water partition coefficient (Wildman–Crippen LogP) is 4.36. The van der Waals surface area contributed by atoms with E-state index in [0.29, 0.717) is 22.0 Å². The molecule has 5 bridgehead atoms. The standard InChI is InChI=1S/C37H42BrN3O7/c1-22-30(24-16-10-6-11-17-24)47-35(46)28-29-33(44)41(26(21-42)23-14-8-5-9-15-23)32(37(29)20-25(38)31(28)48-37)34(45)40(36(2,3)4)19-13-7-12-18-27(43)39-22/h5-11,13-17,20,22,26,28-32,42H,12,18-19,21H2,1-4H3,(H,39,43)/b13-7-/t22-,26-,28+,29-,30+,31+,32+,37-/m1/s1. The summed E-state index contributed by atoms with van der Waals surface area (Å²) in [6, 6.07) is 15.6. The Balaban J connectivity index is 1.51. The van der Waals surface area contributed by atoms with Crippen LogP contribution < -0.4 is 5.32 Å². The number of benzene rings is 2. The van der Waals surface area contributed by atoms with Crippen LogP contribution in [0.4, 0.5) is 0 Å². The number of halogens is 1. The molecule has 8 atom stereocenters. The van der Waals surface area contributed by atoms with Crippen LogP contribution in [0.25, 0.3) is 0 Å². The first-order valence-corrected chi connectivity index (χ1v) is 17.2. The Hall–Kier alpha value is -3.80. The van der Waals surface area contributed by atoms with E-state index in [1.807, 2.05) is 81.5 Å². The number of allylic oxidation sites excluding steroid dienone is 1. The summed E-state index contributed by atoms with van der Waals surface area (Å²) >= 11 is 3.61. The average molecular weight is 721 g/mol. The minimum absolute atomic E-state index is 0.203. The van der Waals surface area contributed by atoms with Gasteiger partial charge in [-0.1, -0.05) is 88.7 Å². The van der Waals surface area contributed by atoms with Gasteiger partial charge in [0.2, 0.25) is 17.7 Å². The SMILES string of the molecule is C[C@H]1NC(=O)CC/C=C\CN(C(C)(C)C)C(=O)[C@@H]2N([C@H](CO)c3ccccc3)C(=O)[C@H]3[C@H](C(=O)O[C@@H]1c1ccccc1)[C@H]1O[C@@]23C=C1Br. The van der Waals surface area contributed by atoms with Crippen molar-refractivity contribution in [2.45, 2.75) is 82.0 Å². The third-order valence-corrected chi connectivity index (χ3v) is 10.5. The highest BCUT2D eigenvalue weighted by molar-refractivity contribution is 9.11. The second kappa shape index (κ2) is 13.2. The molecule has 10 nitrogen and oxygen atoms in total. The molecular formula is C37H42BrN3O7. The Morgan fingerprint density at radius 2 is 1.65 bits per heavy atom. The number of ether oxygens (including phenoxy) is 2. The second-order valence-corrected chi connectivity index (χ2v) is 14.9. The maximum absolute atomic E-state index is 15.0. The Bertz CT molecular complexity index is 1620. The zero-order valence-electron chi connectivity index (χ0n) is 27.5. The molecule has 48 heavy (non-hydrogen) atoms. The van der Waals surface area contributed by atoms with E-state index >= 15 is 4.79 Å². The molecule has 6 rings (SSSR count). The third-order valence-electron chi connectivity index (χ3n) is 9.85. The number of likely N-dealkylation sites (tertiary alicyclic amines) is 1. The van der Waals surface area contributed by atoms with Crippen LogP contribution in [0.2, 0.25) is 0 Å². The number of nitrogens with one attached hydrogen (secondary N) is 1. The van der Waals surface area contributed by atoms with Gasteiger partial charge in [0.1, 0.15) is 29.8 Å². The van der Waals surface area contributed by atoms with E-state index in [4.69, 9.17) is 9.47 Å². The predicted molar refractivity (Wildman–Crippen MR) is 181 cm³/mol. The first-order chi connectivity index (χ1) is 22.9. The van der Waals surface area contributed by atoms with Crippen molar-refractivity contribution >= 4 is 39.6 Å². The summed E-state index contributed by atoms with van der Waals surface area (Å²) in [5.74, 6) is -3.92. The highest BCUT2D eigenvalue weighted by Gasteiger charge is 2.76. The number of fused-ring (bicyclic) bond motifs is 2. The summed E-state index contributed by atoms with van der Waals surface area (Å²) in [6.07, 6.45) is 4.40. The molecule has 4 aliphatic heterocycles. The van der Waals surface area contributed by atoms with E-state index < -0.39 is 71.8 Å². The molecule has 4 aliphatic rings. The molecular weight excluding hydrogens is 678 g/mol. The van der Waals surface area contributed by atoms with Crippen molar-refractivity contribution in [2.24, 2.45) is 11.8 Å². The number of carbonyl (C=O) groups is 4. The van der Waals surface area contributed by atoms with E-state index in [1.165, 1.54) is 4.90 Å². The first kappa shape index (κ1) is 34.1. The fourth-order valence-corrected chi connectivity index (χ4v) is 8.37. The van der Waals surface area contributed by atoms with Gasteiger partial charge in [0.15, 0.2) is 0 Å². The van der Waals surface area contributed by atoms with Gasteiger partial charge in [-0.3, -0.25) is 19.2 Å². The van der Waals surface area contributed by atoms with E-state index in [9.17, 15) is 19.5 Å². The minimum atomic E-state index is -1.51. The van der Waals surface area contributed by atoms with Gasteiger partial charge in [0.05, 0.1) is 24.6 Å². The van der Waals surface area contributed by atoms with Crippen molar-refractivity contribution in [3.8, 4) is 0 Å². The maximum Gasteiger partial charge on any atom is 0.313 e. The van der Waals surface area contributed by atoms with E-state index in [1.54, 1.807) is 30.0 Å². The zero-order chi connectivity index (χ0) is 34.4. The van der Waals surface area contributed by atoms with Crippen LogP contribution in [-0.2, 0) is 28.7 Å². The average Bonchev–Trinajstić information content (AvgIpc) is 3.65. The van der Waals surface area contributed by atoms with Crippen molar-refractivity contribution in [3.63, 3.8) is 0 Å². The number of hydrogen-bond donors (Lipinski definition) is 2. The van der Waals surface area contributed by atoms with E-state index in [2.05, 4.69) is 21.2 Å². The Labute approximate surface area is 289 Å². The number of hydrogen-bond acceptors (Lipinski definition) is 7. The lowest BCUT2D eigenvalue weighted by Crippen LogP contribution is -2.60. The largest absolute Gasteiger partial charge is 0.455 e. The van der Waals surface area contributed by atoms with Gasteiger partial charge < -0.3 is 29.7 Å². The minimum Gasteiger partial charge on any atom is -0.455 e. The van der Waals surface area contributed by atoms with Crippen LogP contribution in [0.1, 0.15) is 63.8 Å². The number of cyclic esters (lactones) is 1. The van der Waals surface area contributed by atoms with Crippen molar-refractivity contribution in [2.75, 3.05) is 13.2 Å². The van der Waals surface area contributed by atoms with Crippen LogP contribution in [-0.4, -0.2) is 81.1 Å². The monoisotopic (exact) mass is 719 g/mol. The lowest BCUT2D eigenvalue weighted by atomic mass is 9.74. The molecule has 2 fully saturated rings. The lowest BCUT2D eigenvalue weighted by Gasteiger charge is -2.43. The summed E-state index contributed by atoms with van der Waals surface area (Å²) in [5.41, 5.74) is -0.854. The van der Waals surface area contributed by atoms with Crippen molar-refractivity contribution in [1.82, 2.24) is 15.1 Å². The van der Waals surface area contributed by atoms with Crippen LogP contribution >= 0.6 is 15.9 Å². The van der Waals surface area contributed by atoms with Crippen LogP contribution in [0.3, 0.4) is 0 Å². The van der Waals surface area contributed by atoms with Gasteiger partial charge in [-0.25, -0.2) is 0 Å². The van der Waals surface area contributed by atoms with Crippen molar-refractivity contribution in [1.29, 1.82) is 0 Å². The van der Waals surface area contributed by atoms with Crippen LogP contribution in [0, 0.1) is 11.8 Å². The normalized spacial score (nSPS) is 32.4. The summed E-state index contributed by atoms with van der Waals surface area (Å²) in [6.45, 7) is 7.28. The number of rotatable bonds is 4. The number of aliphatic hydroxyl groups is 1. The molecule has 0 saturated carbocycles. The maximum atomic E-state index is 15.0. The van der Waals surface area contributed by atoms with Crippen molar-refractivity contribution in [3.05, 3.63) is 94.5 Å². The van der Waals surface area contributed by atoms with Crippen molar-refractivity contribution < 1.29 is 33.8 Å². The first-order valence-electron chi connectivity index (χ1n) is 16.4. The third kappa shape index (κ3) is 5.90. The summed E-state index contributed by atoms with van der Waals surface area (Å²) in [7, 11) is 0. The van der Waals surface area contributed by atoms with E-state index in [-0.39, 0.29) is 24.8 Å². The van der Waals surface area contributed by atoms with Gasteiger partial charge in [-0.15, -0.1) is 0 Å². The summed E-state index contributed by atoms with van der Waals surface area (Å²) < 4.78 is 13.5. The zero-order valence-corrected chi connectivity index (χ0v) is 29.1. The summed E-state index contributed by atoms with van der Waals surface area (Å²) in [5, 5.41) is 13.8. The second-order valence-electron chi connectivity index (χ2n) is 13.9. The molecule has 2 aromatic carbocycles. The molecule has 2 N–H and O–H groups in total. The van der Waals surface area contributed by atoms with Gasteiger partial charge >= 0.3 is 5.97 Å². The van der Waals surface area contributed by atoms with Gasteiger partial charge in [0, 0.05) is 23.0 Å². The lowest BCUT2D eigenvalue weighted by molar-refractivity contribution is -0.162. The number of nitrogens with zero attached hydrogens (tertiary/aromatic N) is 2. The van der Waals surface area contributed by atoms with Gasteiger partial charge in [-0.2, -0.15) is 0 Å². The van der Waals surface area contributed by atoms with Gasteiger partial charge in [-0.05, 0) is 51.3 Å². The Morgan fingerprint density at radius 3 is 2.29 bits per heavy atom. The highest BCUT2D eigenvalue weighted by atomic mass is 79.9. The van der Waals surface area contributed by atoms with Crippen LogP contribution in [0.15, 0.2) is 83.4 Å². The molecule has 4 heterocycles. The molecule has 0 aromatic heterocycles. The smallest absolute Gasteiger partial charge is 0.313 e. The number of carbonyl (C=O) groups excluding carboxylic acids is 4. The molecule has 0 radical (unpaired) electrons. The molecule has 2 saturated heterocycles. The number of aliphatic hydroxyl groups excluding tert-OH is 1. The molecule has 11 heteroatoms. The number of amides is 3. The molecule has 3 amide bonds. The fraction of sp³-hybridized carbons (Fsp3) is 0.459. The molecule has 1 spiro atoms. The van der Waals surface area contributed by atoms with Gasteiger partial charge in [0.25, 0.3) is 0 Å². The molecule has 0 aliphatic carbocycles. The topological polar surface area (TPSA) is 125 Å². The number of esters is 1. The van der Waals surface area contributed by atoms with E-state index in [0.717, 1.165) is 0 Å². The molecule has 0 unspecified atom stereocenters. The van der Waals surface area contributed by atoms with Crippen LogP contribution in [0.5, 0.6) is 0 Å². The highest BCUT2D eigenvalue weighted by Crippen LogP contribution is 2.60. The Morgan fingerprint density at radius 1 is 0.979 bits per heavy atom. The quantitative estimate of drug-likeness (QED) is 0.356.